The molecule has 2 aromatic rings. The molecule has 39 heavy (non-hydrogen) atoms. The number of fused-ring (bicyclic) bond motifs is 1. The lowest BCUT2D eigenvalue weighted by Gasteiger charge is -2.45. The van der Waals surface area contributed by atoms with E-state index < -0.39 is 23.3 Å². The predicted molar refractivity (Wildman–Crippen MR) is 142 cm³/mol. The molecule has 2 N–H and O–H groups in total. The fourth-order valence-corrected chi connectivity index (χ4v) is 5.23. The van der Waals surface area contributed by atoms with Crippen LogP contribution in [0, 0.1) is 45.3 Å². The maximum atomic E-state index is 13.1. The van der Waals surface area contributed by atoms with E-state index >= 15 is 0 Å². The summed E-state index contributed by atoms with van der Waals surface area (Å²) in [5, 5.41) is 30.7. The van der Waals surface area contributed by atoms with E-state index in [-0.39, 0.29) is 31.0 Å². The summed E-state index contributed by atoms with van der Waals surface area (Å²) in [4.78, 5) is 14.6. The summed E-state index contributed by atoms with van der Waals surface area (Å²) in [6, 6.07) is 20.9. The summed E-state index contributed by atoms with van der Waals surface area (Å²) >= 11 is 0. The monoisotopic (exact) mass is 523 g/mol. The van der Waals surface area contributed by atoms with Crippen molar-refractivity contribution in [3.05, 3.63) is 82.6 Å². The number of rotatable bonds is 7. The van der Waals surface area contributed by atoms with Crippen LogP contribution in [-0.4, -0.2) is 37.8 Å². The zero-order valence-corrected chi connectivity index (χ0v) is 21.9. The van der Waals surface area contributed by atoms with Gasteiger partial charge in [-0.3, -0.25) is 0 Å². The maximum absolute atomic E-state index is 13.1. The number of nitrogens with zero attached hydrogens (tertiary/aromatic N) is 4. The van der Waals surface area contributed by atoms with Crippen molar-refractivity contribution in [2.75, 3.05) is 26.8 Å². The van der Waals surface area contributed by atoms with E-state index in [0.29, 0.717) is 29.2 Å². The van der Waals surface area contributed by atoms with Gasteiger partial charge in [0, 0.05) is 24.9 Å². The Kier molecular flexibility index (Phi) is 8.08. The van der Waals surface area contributed by atoms with Gasteiger partial charge in [0.15, 0.2) is 16.9 Å². The van der Waals surface area contributed by atoms with Crippen LogP contribution >= 0.6 is 0 Å². The summed E-state index contributed by atoms with van der Waals surface area (Å²) in [5.41, 5.74) is 6.66. The van der Waals surface area contributed by atoms with Crippen LogP contribution in [0.3, 0.4) is 0 Å². The quantitative estimate of drug-likeness (QED) is 0.556. The van der Waals surface area contributed by atoms with E-state index in [2.05, 4.69) is 18.2 Å². The van der Waals surface area contributed by atoms with Crippen LogP contribution in [0.4, 0.5) is 4.79 Å². The van der Waals surface area contributed by atoms with Crippen LogP contribution in [0.5, 0.6) is 11.5 Å². The van der Waals surface area contributed by atoms with E-state index in [1.54, 1.807) is 24.3 Å². The third-order valence-corrected chi connectivity index (χ3v) is 7.14. The maximum Gasteiger partial charge on any atom is 0.410 e. The highest BCUT2D eigenvalue weighted by Gasteiger charge is 2.55. The van der Waals surface area contributed by atoms with Crippen molar-refractivity contribution < 1.29 is 19.0 Å². The van der Waals surface area contributed by atoms with Gasteiger partial charge in [-0.2, -0.15) is 15.8 Å². The fraction of sp³-hybridized carbons (Fsp3) is 0.333. The number of amides is 1. The number of carbonyl (C=O) groups is 1. The van der Waals surface area contributed by atoms with Crippen molar-refractivity contribution in [3.63, 3.8) is 0 Å². The van der Waals surface area contributed by atoms with Crippen LogP contribution in [0.1, 0.15) is 30.4 Å². The van der Waals surface area contributed by atoms with Crippen molar-refractivity contribution in [3.8, 4) is 29.7 Å². The lowest BCUT2D eigenvalue weighted by Crippen LogP contribution is -2.49. The Hall–Kier alpha value is -4.94. The van der Waals surface area contributed by atoms with Crippen molar-refractivity contribution in [2.45, 2.75) is 25.9 Å². The fourth-order valence-electron chi connectivity index (χ4n) is 5.23. The molecule has 1 aliphatic heterocycles. The second-order valence-electron chi connectivity index (χ2n) is 9.38. The Bertz CT molecular complexity index is 1410. The lowest BCUT2D eigenvalue weighted by molar-refractivity contribution is 0.0898. The highest BCUT2D eigenvalue weighted by molar-refractivity contribution is 5.69. The number of methoxy groups -OCH3 is 1. The first kappa shape index (κ1) is 27.1. The smallest absolute Gasteiger partial charge is 0.410 e. The van der Waals surface area contributed by atoms with Crippen LogP contribution in [0.15, 0.2) is 71.5 Å². The third-order valence-electron chi connectivity index (χ3n) is 7.14. The number of ether oxygens (including phenoxy) is 3. The lowest BCUT2D eigenvalue weighted by atomic mass is 9.58. The van der Waals surface area contributed by atoms with Crippen molar-refractivity contribution in [2.24, 2.45) is 17.1 Å². The molecule has 2 aromatic carbocycles. The molecule has 2 atom stereocenters. The van der Waals surface area contributed by atoms with Crippen LogP contribution in [0.2, 0.25) is 0 Å². The average Bonchev–Trinajstić information content (AvgIpc) is 2.98. The molecule has 0 saturated heterocycles. The molecule has 0 aromatic heterocycles. The van der Waals surface area contributed by atoms with E-state index in [0.717, 1.165) is 12.0 Å². The average molecular weight is 524 g/mol. The van der Waals surface area contributed by atoms with Crippen LogP contribution in [-0.2, 0) is 11.3 Å². The van der Waals surface area contributed by atoms with Crippen molar-refractivity contribution in [1.29, 1.82) is 15.8 Å². The molecule has 198 valence electrons. The minimum absolute atomic E-state index is 0.0885. The molecule has 0 unspecified atom stereocenters. The van der Waals surface area contributed by atoms with Gasteiger partial charge in [-0.1, -0.05) is 49.4 Å². The molecule has 1 heterocycles. The van der Waals surface area contributed by atoms with Gasteiger partial charge in [0.25, 0.3) is 0 Å². The Morgan fingerprint density at radius 3 is 2.51 bits per heavy atom. The SMILES string of the molecule is CCCOc1cc([C@H]2[C@@H]3CN(C(=O)OCc4ccccc4)CC=C3C(C#N)=C(N)C2(C#N)C#N)ccc1OC. The van der Waals surface area contributed by atoms with Crippen LogP contribution < -0.4 is 15.2 Å². The van der Waals surface area contributed by atoms with Crippen molar-refractivity contribution >= 4 is 6.09 Å². The number of nitrogens with two attached hydrogens (primary N) is 1. The normalized spacial score (nSPS) is 19.5. The summed E-state index contributed by atoms with van der Waals surface area (Å²) in [5.74, 6) is -0.392. The molecule has 9 heteroatoms. The number of hydrogen-bond acceptors (Lipinski definition) is 8. The Morgan fingerprint density at radius 1 is 1.13 bits per heavy atom. The zero-order chi connectivity index (χ0) is 28.0. The van der Waals surface area contributed by atoms with Gasteiger partial charge >= 0.3 is 6.09 Å². The van der Waals surface area contributed by atoms with Gasteiger partial charge in [-0.05, 0) is 35.3 Å². The van der Waals surface area contributed by atoms with E-state index in [9.17, 15) is 20.6 Å². The number of hydrogen-bond donors (Lipinski definition) is 1. The summed E-state index contributed by atoms with van der Waals surface area (Å²) in [7, 11) is 1.53. The van der Waals surface area contributed by atoms with E-state index in [1.165, 1.54) is 12.0 Å². The predicted octanol–water partition coefficient (Wildman–Crippen LogP) is 4.55. The molecule has 4 rings (SSSR count). The number of nitriles is 3. The first-order valence-corrected chi connectivity index (χ1v) is 12.6. The molecule has 0 radical (unpaired) electrons. The first-order chi connectivity index (χ1) is 18.9. The zero-order valence-electron chi connectivity index (χ0n) is 21.9. The molecule has 1 amide bonds. The molecule has 0 spiro atoms. The Labute approximate surface area is 227 Å². The minimum atomic E-state index is -1.85. The number of benzene rings is 2. The highest BCUT2D eigenvalue weighted by atomic mass is 16.6. The topological polar surface area (TPSA) is 145 Å². The summed E-state index contributed by atoms with van der Waals surface area (Å²) < 4.78 is 16.9. The number of allylic oxidation sites excluding steroid dienone is 2. The van der Waals surface area contributed by atoms with Crippen molar-refractivity contribution in [1.82, 2.24) is 4.90 Å². The van der Waals surface area contributed by atoms with Gasteiger partial charge < -0.3 is 24.8 Å². The third kappa shape index (κ3) is 4.98. The molecular formula is C30H29N5O4. The number of carbonyl (C=O) groups excluding carboxylic acids is 1. The van der Waals surface area contributed by atoms with Gasteiger partial charge in [-0.25, -0.2) is 4.79 Å². The second kappa shape index (κ2) is 11.6. The molecule has 1 aliphatic carbocycles. The standard InChI is InChI=1S/C30H29N5O4/c1-3-13-38-26-14-21(9-10-25(26)37-2)27-24-16-35(29(36)39-17-20-7-5-4-6-8-20)12-11-22(24)23(15-31)28(34)30(27,18-32)19-33/h4-11,14,24,27H,3,12-13,16-17,34H2,1-2H3/t24-,27+/m1/s1. The van der Waals surface area contributed by atoms with E-state index in [1.807, 2.05) is 37.3 Å². The van der Waals surface area contributed by atoms with Gasteiger partial charge in [-0.15, -0.1) is 0 Å². The van der Waals surface area contributed by atoms with Gasteiger partial charge in [0.05, 0.1) is 37.1 Å². The molecule has 0 saturated carbocycles. The first-order valence-electron chi connectivity index (χ1n) is 12.6. The molecule has 9 nitrogen and oxygen atoms in total. The molecule has 0 fully saturated rings. The van der Waals surface area contributed by atoms with Gasteiger partial charge in [0.1, 0.15) is 12.7 Å². The summed E-state index contributed by atoms with van der Waals surface area (Å²) in [6.45, 7) is 2.86. The van der Waals surface area contributed by atoms with E-state index in [4.69, 9.17) is 19.9 Å². The van der Waals surface area contributed by atoms with Crippen LogP contribution in [0.25, 0.3) is 0 Å². The molecular weight excluding hydrogens is 494 g/mol. The Balaban J connectivity index is 1.77. The molecule has 2 aliphatic rings. The molecule has 0 bridgehead atoms. The second-order valence-corrected chi connectivity index (χ2v) is 9.38. The Morgan fingerprint density at radius 2 is 1.87 bits per heavy atom. The highest BCUT2D eigenvalue weighted by Crippen LogP contribution is 2.55. The summed E-state index contributed by atoms with van der Waals surface area (Å²) in [6.07, 6.45) is 2.00. The largest absolute Gasteiger partial charge is 0.493 e. The van der Waals surface area contributed by atoms with Gasteiger partial charge in [0.2, 0.25) is 0 Å². The minimum Gasteiger partial charge on any atom is -0.493 e.